The molecule has 0 aromatic heterocycles. The number of nitrogens with zero attached hydrogens (tertiary/aromatic N) is 1. The van der Waals surface area contributed by atoms with Crippen molar-refractivity contribution in [3.05, 3.63) is 71.8 Å². The largest absolute Gasteiger partial charge is 0.524 e. The zero-order chi connectivity index (χ0) is 35.9. The van der Waals surface area contributed by atoms with Gasteiger partial charge in [0.1, 0.15) is 17.8 Å². The molecule has 2 aromatic rings. The van der Waals surface area contributed by atoms with Crippen molar-refractivity contribution >= 4 is 37.5 Å². The van der Waals surface area contributed by atoms with Crippen LogP contribution in [0.4, 0.5) is 0 Å². The van der Waals surface area contributed by atoms with Crippen LogP contribution in [0.2, 0.25) is 0 Å². The van der Waals surface area contributed by atoms with Gasteiger partial charge in [-0.15, -0.1) is 0 Å². The molecule has 0 bridgehead atoms. The summed E-state index contributed by atoms with van der Waals surface area (Å²) in [7, 11) is -4.69. The van der Waals surface area contributed by atoms with Gasteiger partial charge in [0, 0.05) is 37.7 Å². The van der Waals surface area contributed by atoms with Crippen LogP contribution in [0.1, 0.15) is 58.1 Å². The fourth-order valence-electron chi connectivity index (χ4n) is 6.57. The number of rotatable bonds is 17. The summed E-state index contributed by atoms with van der Waals surface area (Å²) in [5.41, 5.74) is 7.12. The fourth-order valence-corrected chi connectivity index (χ4v) is 6.97. The number of phosphoric acid groups is 1. The monoisotopic (exact) mass is 697 g/mol. The lowest BCUT2D eigenvalue weighted by Crippen LogP contribution is -2.58. The Kier molecular flexibility index (Phi) is 12.8. The summed E-state index contributed by atoms with van der Waals surface area (Å²) in [6.07, 6.45) is 3.59. The van der Waals surface area contributed by atoms with Crippen molar-refractivity contribution in [1.29, 1.82) is 0 Å². The number of benzene rings is 2. The van der Waals surface area contributed by atoms with Crippen LogP contribution in [0.5, 0.6) is 5.75 Å². The maximum Gasteiger partial charge on any atom is 0.524 e. The van der Waals surface area contributed by atoms with Crippen LogP contribution >= 0.6 is 7.82 Å². The molecule has 13 nitrogen and oxygen atoms in total. The summed E-state index contributed by atoms with van der Waals surface area (Å²) in [6, 6.07) is 13.4. The number of phosphoric ester groups is 1. The van der Waals surface area contributed by atoms with Gasteiger partial charge in [0.05, 0.1) is 0 Å². The lowest BCUT2D eigenvalue weighted by atomic mass is 9.99. The Labute approximate surface area is 287 Å². The van der Waals surface area contributed by atoms with Crippen LogP contribution in [0.15, 0.2) is 60.7 Å². The molecular formula is C35H48N5O8P. The SMILES string of the molecule is CC(C)C[C@H](NC(=O)/C=C/c1ccc(OP(=O)(O)O)cc1)C(=O)N1C[C@H]2[C@@H](C)[C@H]2[C@H]1C(=O)N[C@@H](CCC(N)=O)[C@@H](C)NCc1ccccc1. The number of carbonyl (C=O) groups excluding carboxylic acids is 4. The Hall–Kier alpha value is -4.03. The number of fused-ring (bicyclic) bond motifs is 1. The molecule has 1 aliphatic heterocycles. The number of primary amides is 1. The minimum atomic E-state index is -4.69. The Morgan fingerprint density at radius 2 is 1.71 bits per heavy atom. The Bertz CT molecular complexity index is 1550. The van der Waals surface area contributed by atoms with E-state index in [4.69, 9.17) is 15.5 Å². The van der Waals surface area contributed by atoms with Crippen molar-refractivity contribution in [1.82, 2.24) is 20.9 Å². The number of likely N-dealkylation sites (tertiary alicyclic amines) is 1. The number of hydrogen-bond acceptors (Lipinski definition) is 7. The quantitative estimate of drug-likeness (QED) is 0.106. The number of amides is 4. The second-order valence-corrected chi connectivity index (χ2v) is 14.6. The molecule has 1 saturated carbocycles. The number of nitrogens with two attached hydrogens (primary N) is 1. The zero-order valence-electron chi connectivity index (χ0n) is 28.3. The first-order valence-corrected chi connectivity index (χ1v) is 18.2. The molecule has 49 heavy (non-hydrogen) atoms. The highest BCUT2D eigenvalue weighted by Crippen LogP contribution is 2.55. The molecule has 2 fully saturated rings. The van der Waals surface area contributed by atoms with Crippen molar-refractivity contribution in [2.75, 3.05) is 6.54 Å². The Morgan fingerprint density at radius 1 is 1.04 bits per heavy atom. The molecule has 4 rings (SSSR count). The van der Waals surface area contributed by atoms with Crippen LogP contribution in [0.3, 0.4) is 0 Å². The second-order valence-electron chi connectivity index (χ2n) is 13.5. The van der Waals surface area contributed by atoms with E-state index in [1.807, 2.05) is 51.1 Å². The highest BCUT2D eigenvalue weighted by atomic mass is 31.2. The first-order chi connectivity index (χ1) is 23.1. The van der Waals surface area contributed by atoms with Gasteiger partial charge in [0.15, 0.2) is 0 Å². The average Bonchev–Trinajstić information content (AvgIpc) is 3.46. The zero-order valence-corrected chi connectivity index (χ0v) is 29.2. The van der Waals surface area contributed by atoms with Gasteiger partial charge in [-0.05, 0) is 72.8 Å². The molecule has 7 N–H and O–H groups in total. The minimum Gasteiger partial charge on any atom is -0.404 e. The summed E-state index contributed by atoms with van der Waals surface area (Å²) in [5.74, 6) is -1.06. The van der Waals surface area contributed by atoms with Crippen molar-refractivity contribution < 1.29 is 38.1 Å². The summed E-state index contributed by atoms with van der Waals surface area (Å²) >= 11 is 0. The fraction of sp³-hybridized carbons (Fsp3) is 0.486. The van der Waals surface area contributed by atoms with E-state index in [1.54, 1.807) is 4.90 Å². The van der Waals surface area contributed by atoms with Crippen molar-refractivity contribution in [2.24, 2.45) is 29.4 Å². The predicted octanol–water partition coefficient (Wildman–Crippen LogP) is 2.72. The van der Waals surface area contributed by atoms with E-state index >= 15 is 0 Å². The number of hydrogen-bond donors (Lipinski definition) is 6. The van der Waals surface area contributed by atoms with E-state index in [1.165, 1.54) is 36.4 Å². The highest BCUT2D eigenvalue weighted by molar-refractivity contribution is 7.46. The molecule has 7 atom stereocenters. The van der Waals surface area contributed by atoms with Crippen molar-refractivity contribution in [3.8, 4) is 5.75 Å². The standard InChI is InChI=1S/C35H48N5O8P/c1-21(2)18-29(38-31(42)17-12-24-10-13-26(14-11-24)48-49(45,46)47)35(44)40-20-27-22(3)32(27)33(40)34(43)39-28(15-16-30(36)41)23(4)37-19-25-8-6-5-7-9-25/h5-14,17,21-23,27-29,32-33,37H,15-16,18-20H2,1-4H3,(H2,36,41)(H,38,42)(H,39,43)(H2,45,46,47)/b17-12+/t22-,23-,27+,28+,29+,32-,33+/m1/s1. The molecular weight excluding hydrogens is 649 g/mol. The summed E-state index contributed by atoms with van der Waals surface area (Å²) in [4.78, 5) is 72.3. The highest BCUT2D eigenvalue weighted by Gasteiger charge is 2.62. The van der Waals surface area contributed by atoms with E-state index in [0.717, 1.165) is 5.56 Å². The van der Waals surface area contributed by atoms with Gasteiger partial charge < -0.3 is 31.1 Å². The minimum absolute atomic E-state index is 0.00106. The lowest BCUT2D eigenvalue weighted by molar-refractivity contribution is -0.143. The molecule has 2 aliphatic rings. The average molecular weight is 698 g/mol. The van der Waals surface area contributed by atoms with Gasteiger partial charge in [0.2, 0.25) is 23.6 Å². The van der Waals surface area contributed by atoms with Crippen LogP contribution < -0.4 is 26.2 Å². The van der Waals surface area contributed by atoms with Gasteiger partial charge in [-0.1, -0.05) is 63.2 Å². The number of piperidine rings is 1. The maximum absolute atomic E-state index is 14.1. The van der Waals surface area contributed by atoms with Gasteiger partial charge in [-0.2, -0.15) is 0 Å². The van der Waals surface area contributed by atoms with E-state index in [0.29, 0.717) is 31.5 Å². The third kappa shape index (κ3) is 11.0. The molecule has 1 aliphatic carbocycles. The molecule has 4 amide bonds. The van der Waals surface area contributed by atoms with Crippen LogP contribution in [-0.4, -0.2) is 69.0 Å². The summed E-state index contributed by atoms with van der Waals surface area (Å²) in [5, 5.41) is 9.40. The maximum atomic E-state index is 14.1. The van der Waals surface area contributed by atoms with Gasteiger partial charge in [0.25, 0.3) is 0 Å². The molecule has 266 valence electrons. The lowest BCUT2D eigenvalue weighted by Gasteiger charge is -2.34. The van der Waals surface area contributed by atoms with Crippen LogP contribution in [-0.2, 0) is 30.3 Å². The molecule has 0 unspecified atom stereocenters. The Morgan fingerprint density at radius 3 is 2.33 bits per heavy atom. The van der Waals surface area contributed by atoms with Crippen molar-refractivity contribution in [2.45, 2.75) is 77.7 Å². The first kappa shape index (κ1) is 37.8. The third-order valence-electron chi connectivity index (χ3n) is 9.25. The van der Waals surface area contributed by atoms with Gasteiger partial charge >= 0.3 is 7.82 Å². The molecule has 14 heteroatoms. The van der Waals surface area contributed by atoms with Crippen molar-refractivity contribution in [3.63, 3.8) is 0 Å². The molecule has 1 saturated heterocycles. The topological polar surface area (TPSA) is 200 Å². The third-order valence-corrected chi connectivity index (χ3v) is 9.70. The summed E-state index contributed by atoms with van der Waals surface area (Å²) < 4.78 is 15.6. The summed E-state index contributed by atoms with van der Waals surface area (Å²) in [6.45, 7) is 8.91. The number of carbonyl (C=O) groups is 4. The molecule has 2 aromatic carbocycles. The van der Waals surface area contributed by atoms with Gasteiger partial charge in [-0.3, -0.25) is 29.0 Å². The van der Waals surface area contributed by atoms with E-state index in [-0.39, 0.29) is 53.7 Å². The smallest absolute Gasteiger partial charge is 0.404 e. The molecule has 0 spiro atoms. The van der Waals surface area contributed by atoms with Gasteiger partial charge in [-0.25, -0.2) is 4.57 Å². The van der Waals surface area contributed by atoms with Crippen LogP contribution in [0.25, 0.3) is 6.08 Å². The second kappa shape index (κ2) is 16.6. The Balaban J connectivity index is 1.44. The number of nitrogens with one attached hydrogen (secondary N) is 3. The van der Waals surface area contributed by atoms with E-state index in [9.17, 15) is 23.7 Å². The normalized spacial score (nSPS) is 21.9. The van der Waals surface area contributed by atoms with E-state index in [2.05, 4.69) is 27.4 Å². The predicted molar refractivity (Wildman–Crippen MR) is 184 cm³/mol. The molecule has 1 heterocycles. The first-order valence-electron chi connectivity index (χ1n) is 16.6. The van der Waals surface area contributed by atoms with Crippen LogP contribution in [0, 0.1) is 23.7 Å². The van der Waals surface area contributed by atoms with E-state index < -0.39 is 37.8 Å². The molecule has 0 radical (unpaired) electrons.